The van der Waals surface area contributed by atoms with Crippen LogP contribution in [0.3, 0.4) is 0 Å². The van der Waals surface area contributed by atoms with E-state index in [0.717, 1.165) is 11.1 Å². The Balaban J connectivity index is 2.69. The van der Waals surface area contributed by atoms with Crippen molar-refractivity contribution < 1.29 is 14.6 Å². The zero-order valence-corrected chi connectivity index (χ0v) is 10.8. The van der Waals surface area contributed by atoms with E-state index in [0.29, 0.717) is 17.9 Å². The van der Waals surface area contributed by atoms with Crippen LogP contribution >= 0.6 is 0 Å². The molecule has 0 bridgehead atoms. The molecular formula is C15H18O3. The predicted molar refractivity (Wildman–Crippen MR) is 71.4 cm³/mol. The van der Waals surface area contributed by atoms with Crippen LogP contribution in [0.2, 0.25) is 0 Å². The zero-order chi connectivity index (χ0) is 13.3. The normalized spacial score (nSPS) is 13.4. The zero-order valence-electron chi connectivity index (χ0n) is 10.8. The number of allylic oxidation sites excluding steroid dienone is 2. The summed E-state index contributed by atoms with van der Waals surface area (Å²) in [5.74, 6) is 1.53. The minimum atomic E-state index is -0.390. The van der Waals surface area contributed by atoms with Crippen LogP contribution in [0.1, 0.15) is 25.0 Å². The lowest BCUT2D eigenvalue weighted by Crippen LogP contribution is -2.15. The summed E-state index contributed by atoms with van der Waals surface area (Å²) in [4.78, 5) is 0. The molecule has 1 N–H and O–H groups in total. The van der Waals surface area contributed by atoms with Crippen LogP contribution in [0, 0.1) is 0 Å². The molecule has 3 heteroatoms. The van der Waals surface area contributed by atoms with E-state index in [1.165, 1.54) is 0 Å². The van der Waals surface area contributed by atoms with Gasteiger partial charge in [0.1, 0.15) is 5.75 Å². The average Bonchev–Trinajstić information content (AvgIpc) is 2.77. The Hall–Kier alpha value is -1.90. The van der Waals surface area contributed by atoms with Crippen molar-refractivity contribution in [2.45, 2.75) is 25.7 Å². The lowest BCUT2D eigenvalue weighted by atomic mass is 9.82. The molecule has 0 saturated carbocycles. The molecule has 0 saturated heterocycles. The molecule has 1 aromatic carbocycles. The highest BCUT2D eigenvalue weighted by Gasteiger charge is 2.32. The Morgan fingerprint density at radius 3 is 2.72 bits per heavy atom. The summed E-state index contributed by atoms with van der Waals surface area (Å²) in [6.07, 6.45) is 4.13. The molecule has 96 valence electrons. The molecule has 0 radical (unpaired) electrons. The maximum absolute atomic E-state index is 10.4. The van der Waals surface area contributed by atoms with Gasteiger partial charge in [-0.05, 0) is 12.5 Å². The minimum Gasteiger partial charge on any atom is -0.507 e. The summed E-state index contributed by atoms with van der Waals surface area (Å²) >= 11 is 0. The molecule has 1 heterocycles. The molecule has 1 aliphatic rings. The Bertz CT molecular complexity index is 501. The Labute approximate surface area is 107 Å². The summed E-state index contributed by atoms with van der Waals surface area (Å²) < 4.78 is 10.9. The number of rotatable bonds is 4. The molecule has 0 aromatic heterocycles. The van der Waals surface area contributed by atoms with Gasteiger partial charge in [0.2, 0.25) is 6.79 Å². The third-order valence-corrected chi connectivity index (χ3v) is 3.23. The van der Waals surface area contributed by atoms with Crippen molar-refractivity contribution in [3.63, 3.8) is 0 Å². The molecule has 0 unspecified atom stereocenters. The second-order valence-corrected chi connectivity index (χ2v) is 4.91. The van der Waals surface area contributed by atoms with Gasteiger partial charge in [-0.1, -0.05) is 26.0 Å². The van der Waals surface area contributed by atoms with Gasteiger partial charge in [-0.2, -0.15) is 0 Å². The Morgan fingerprint density at radius 2 is 2.11 bits per heavy atom. The number of fused-ring (bicyclic) bond motifs is 1. The van der Waals surface area contributed by atoms with Crippen LogP contribution < -0.4 is 9.47 Å². The highest BCUT2D eigenvalue weighted by molar-refractivity contribution is 5.62. The molecular weight excluding hydrogens is 228 g/mol. The number of aromatic hydroxyl groups is 1. The van der Waals surface area contributed by atoms with E-state index >= 15 is 0 Å². The molecule has 0 aliphatic carbocycles. The van der Waals surface area contributed by atoms with Gasteiger partial charge in [0, 0.05) is 16.5 Å². The standard InChI is InChI=1S/C15H18O3/c1-5-7-10-8-11-14(18-9-17-11)12(13(10)16)15(3,4)6-2/h5-6,8,16H,1-2,7,9H2,3-4H3. The summed E-state index contributed by atoms with van der Waals surface area (Å²) in [6, 6.07) is 1.81. The maximum Gasteiger partial charge on any atom is 0.231 e. The first-order valence-electron chi connectivity index (χ1n) is 5.90. The third kappa shape index (κ3) is 1.86. The quantitative estimate of drug-likeness (QED) is 0.828. The van der Waals surface area contributed by atoms with E-state index in [1.807, 2.05) is 19.9 Å². The van der Waals surface area contributed by atoms with E-state index in [-0.39, 0.29) is 18.0 Å². The first-order chi connectivity index (χ1) is 8.51. The van der Waals surface area contributed by atoms with Gasteiger partial charge in [-0.25, -0.2) is 0 Å². The van der Waals surface area contributed by atoms with Gasteiger partial charge in [-0.3, -0.25) is 0 Å². The second-order valence-electron chi connectivity index (χ2n) is 4.91. The van der Waals surface area contributed by atoms with Crippen LogP contribution in [-0.2, 0) is 11.8 Å². The number of hydrogen-bond donors (Lipinski definition) is 1. The monoisotopic (exact) mass is 246 g/mol. The molecule has 0 fully saturated rings. The number of ether oxygens (including phenoxy) is 2. The molecule has 2 rings (SSSR count). The molecule has 0 spiro atoms. The van der Waals surface area contributed by atoms with Crippen LogP contribution in [0.4, 0.5) is 0 Å². The van der Waals surface area contributed by atoms with Gasteiger partial charge < -0.3 is 14.6 Å². The van der Waals surface area contributed by atoms with Gasteiger partial charge >= 0.3 is 0 Å². The Morgan fingerprint density at radius 1 is 1.39 bits per heavy atom. The maximum atomic E-state index is 10.4. The van der Waals surface area contributed by atoms with Gasteiger partial charge in [0.25, 0.3) is 0 Å². The van der Waals surface area contributed by atoms with Crippen LogP contribution in [0.5, 0.6) is 17.2 Å². The largest absolute Gasteiger partial charge is 0.507 e. The fraction of sp³-hybridized carbons (Fsp3) is 0.333. The smallest absolute Gasteiger partial charge is 0.231 e. The summed E-state index contributed by atoms with van der Waals surface area (Å²) in [5, 5.41) is 10.4. The van der Waals surface area contributed by atoms with E-state index < -0.39 is 0 Å². The number of phenols is 1. The summed E-state index contributed by atoms with van der Waals surface area (Å²) in [5.41, 5.74) is 1.13. The Kier molecular flexibility index (Phi) is 3.07. The van der Waals surface area contributed by atoms with Crippen LogP contribution in [0.25, 0.3) is 0 Å². The number of benzene rings is 1. The molecule has 18 heavy (non-hydrogen) atoms. The van der Waals surface area contributed by atoms with Crippen molar-refractivity contribution in [2.24, 2.45) is 0 Å². The third-order valence-electron chi connectivity index (χ3n) is 3.23. The van der Waals surface area contributed by atoms with Crippen LogP contribution in [-0.4, -0.2) is 11.9 Å². The van der Waals surface area contributed by atoms with Crippen molar-refractivity contribution >= 4 is 0 Å². The first-order valence-corrected chi connectivity index (χ1v) is 5.90. The number of phenolic OH excluding ortho intramolecular Hbond substituents is 1. The average molecular weight is 246 g/mol. The summed E-state index contributed by atoms with van der Waals surface area (Å²) in [6.45, 7) is 11.7. The topological polar surface area (TPSA) is 38.7 Å². The van der Waals surface area contributed by atoms with Crippen LogP contribution in [0.15, 0.2) is 31.4 Å². The van der Waals surface area contributed by atoms with Gasteiger partial charge in [0.05, 0.1) is 0 Å². The predicted octanol–water partition coefficient (Wildman–Crippen LogP) is 3.31. The van der Waals surface area contributed by atoms with Crippen molar-refractivity contribution in [1.82, 2.24) is 0 Å². The van der Waals surface area contributed by atoms with Crippen molar-refractivity contribution in [1.29, 1.82) is 0 Å². The molecule has 3 nitrogen and oxygen atoms in total. The lowest BCUT2D eigenvalue weighted by molar-refractivity contribution is 0.172. The summed E-state index contributed by atoms with van der Waals surface area (Å²) in [7, 11) is 0. The van der Waals surface area contributed by atoms with E-state index in [9.17, 15) is 5.11 Å². The van der Waals surface area contributed by atoms with Gasteiger partial charge in [-0.15, -0.1) is 13.2 Å². The van der Waals surface area contributed by atoms with E-state index in [1.54, 1.807) is 12.2 Å². The van der Waals surface area contributed by atoms with Gasteiger partial charge in [0.15, 0.2) is 11.5 Å². The molecule has 1 aromatic rings. The van der Waals surface area contributed by atoms with Crippen molar-refractivity contribution in [3.8, 4) is 17.2 Å². The molecule has 1 aliphatic heterocycles. The molecule has 0 atom stereocenters. The SMILES string of the molecule is C=CCc1cc2c(c(C(C)(C)C=C)c1O)OCO2. The fourth-order valence-electron chi connectivity index (χ4n) is 2.10. The van der Waals surface area contributed by atoms with E-state index in [4.69, 9.17) is 9.47 Å². The van der Waals surface area contributed by atoms with E-state index in [2.05, 4.69) is 13.2 Å². The second kappa shape index (κ2) is 4.41. The fourth-order valence-corrected chi connectivity index (χ4v) is 2.10. The lowest BCUT2D eigenvalue weighted by Gasteiger charge is -2.24. The number of hydrogen-bond acceptors (Lipinski definition) is 3. The van der Waals surface area contributed by atoms with Crippen molar-refractivity contribution in [3.05, 3.63) is 42.5 Å². The highest BCUT2D eigenvalue weighted by atomic mass is 16.7. The molecule has 0 amide bonds. The van der Waals surface area contributed by atoms with Crippen molar-refractivity contribution in [2.75, 3.05) is 6.79 Å². The highest BCUT2D eigenvalue weighted by Crippen LogP contribution is 2.48. The first kappa shape index (κ1) is 12.6. The minimum absolute atomic E-state index is 0.187.